The molecule has 0 fully saturated rings. The van der Waals surface area contributed by atoms with E-state index in [4.69, 9.17) is 0 Å². The third kappa shape index (κ3) is 4.55. The lowest BCUT2D eigenvalue weighted by molar-refractivity contribution is 0.0981. The highest BCUT2D eigenvalue weighted by molar-refractivity contribution is 7.93. The summed E-state index contributed by atoms with van der Waals surface area (Å²) in [5.41, 5.74) is 4.98. The molecule has 0 atom stereocenters. The van der Waals surface area contributed by atoms with Crippen LogP contribution in [-0.4, -0.2) is 14.3 Å². The number of aryl methyl sites for hydroxylation is 4. The molecule has 2 aromatic carbocycles. The molecule has 1 N–H and O–H groups in total. The van der Waals surface area contributed by atoms with Crippen LogP contribution in [0.4, 0.5) is 0 Å². The van der Waals surface area contributed by atoms with Gasteiger partial charge in [0.15, 0.2) is 0 Å². The minimum Gasteiger partial charge on any atom is -0.268 e. The molecule has 24 heavy (non-hydrogen) atoms. The van der Waals surface area contributed by atoms with Crippen LogP contribution in [0.2, 0.25) is 0 Å². The van der Waals surface area contributed by atoms with Crippen LogP contribution in [0.3, 0.4) is 0 Å². The first-order chi connectivity index (χ1) is 11.2. The van der Waals surface area contributed by atoms with Gasteiger partial charge in [0, 0.05) is 5.56 Å². The van der Waals surface area contributed by atoms with Gasteiger partial charge >= 0.3 is 0 Å². The zero-order valence-electron chi connectivity index (χ0n) is 14.3. The summed E-state index contributed by atoms with van der Waals surface area (Å²) >= 11 is 0. The zero-order chi connectivity index (χ0) is 17.9. The average molecular weight is 343 g/mol. The molecule has 0 aliphatic heterocycles. The Kier molecular flexibility index (Phi) is 5.24. The van der Waals surface area contributed by atoms with Crippen molar-refractivity contribution < 1.29 is 13.2 Å². The number of sulfonamides is 1. The molecule has 0 bridgehead atoms. The van der Waals surface area contributed by atoms with Gasteiger partial charge in [-0.25, -0.2) is 13.1 Å². The summed E-state index contributed by atoms with van der Waals surface area (Å²) < 4.78 is 26.3. The normalized spacial score (nSPS) is 11.7. The van der Waals surface area contributed by atoms with Crippen molar-refractivity contribution in [2.75, 3.05) is 0 Å². The van der Waals surface area contributed by atoms with Crippen LogP contribution >= 0.6 is 0 Å². The second-order valence-electron chi connectivity index (χ2n) is 5.96. The van der Waals surface area contributed by atoms with Gasteiger partial charge in [-0.15, -0.1) is 0 Å². The smallest absolute Gasteiger partial charge is 0.265 e. The van der Waals surface area contributed by atoms with Crippen LogP contribution in [0.15, 0.2) is 41.8 Å². The van der Waals surface area contributed by atoms with Crippen LogP contribution in [0.5, 0.6) is 0 Å². The number of amides is 1. The zero-order valence-corrected chi connectivity index (χ0v) is 15.1. The summed E-state index contributed by atoms with van der Waals surface area (Å²) in [6.45, 7) is 7.58. The third-order valence-electron chi connectivity index (χ3n) is 3.71. The summed E-state index contributed by atoms with van der Waals surface area (Å²) in [7, 11) is -3.86. The van der Waals surface area contributed by atoms with E-state index < -0.39 is 15.9 Å². The molecule has 0 saturated heterocycles. The van der Waals surface area contributed by atoms with E-state index in [0.717, 1.165) is 33.2 Å². The first kappa shape index (κ1) is 17.9. The number of carbonyl (C=O) groups excluding carboxylic acids is 1. The number of benzene rings is 2. The lowest BCUT2D eigenvalue weighted by Crippen LogP contribution is -2.29. The van der Waals surface area contributed by atoms with Gasteiger partial charge in [0.1, 0.15) is 0 Å². The molecule has 0 aliphatic carbocycles. The summed E-state index contributed by atoms with van der Waals surface area (Å²) in [6, 6.07) is 11.0. The van der Waals surface area contributed by atoms with Crippen molar-refractivity contribution in [2.24, 2.45) is 0 Å². The van der Waals surface area contributed by atoms with Gasteiger partial charge in [-0.2, -0.15) is 0 Å². The molecule has 0 heterocycles. The lowest BCUT2D eigenvalue weighted by Gasteiger charge is -2.07. The molecule has 2 aromatic rings. The maximum atomic E-state index is 12.2. The Balaban J connectivity index is 2.18. The van der Waals surface area contributed by atoms with Crippen LogP contribution in [-0.2, 0) is 10.0 Å². The van der Waals surface area contributed by atoms with E-state index in [1.165, 1.54) is 6.08 Å². The highest BCUT2D eigenvalue weighted by Crippen LogP contribution is 2.14. The number of hydrogen-bond acceptors (Lipinski definition) is 3. The second kappa shape index (κ2) is 7.01. The fourth-order valence-electron chi connectivity index (χ4n) is 2.46. The Morgan fingerprint density at radius 2 is 1.50 bits per heavy atom. The Hall–Kier alpha value is -2.40. The van der Waals surface area contributed by atoms with Crippen molar-refractivity contribution in [3.63, 3.8) is 0 Å². The highest BCUT2D eigenvalue weighted by atomic mass is 32.2. The van der Waals surface area contributed by atoms with Crippen molar-refractivity contribution >= 4 is 22.0 Å². The van der Waals surface area contributed by atoms with Gasteiger partial charge < -0.3 is 0 Å². The third-order valence-corrected chi connectivity index (χ3v) is 4.68. The predicted molar refractivity (Wildman–Crippen MR) is 97.3 cm³/mol. The Morgan fingerprint density at radius 1 is 0.917 bits per heavy atom. The number of rotatable bonds is 4. The molecule has 4 nitrogen and oxygen atoms in total. The van der Waals surface area contributed by atoms with Gasteiger partial charge in [-0.3, -0.25) is 4.79 Å². The second-order valence-corrected chi connectivity index (χ2v) is 7.52. The molecule has 0 aromatic heterocycles. The molecule has 1 amide bonds. The van der Waals surface area contributed by atoms with E-state index in [0.29, 0.717) is 5.56 Å². The van der Waals surface area contributed by atoms with E-state index in [1.54, 1.807) is 19.1 Å². The number of nitrogens with one attached hydrogen (secondary N) is 1. The van der Waals surface area contributed by atoms with E-state index in [2.05, 4.69) is 4.72 Å². The van der Waals surface area contributed by atoms with E-state index in [9.17, 15) is 13.2 Å². The van der Waals surface area contributed by atoms with Crippen molar-refractivity contribution in [3.8, 4) is 0 Å². The van der Waals surface area contributed by atoms with Crippen molar-refractivity contribution in [3.05, 3.63) is 75.2 Å². The summed E-state index contributed by atoms with van der Waals surface area (Å²) in [4.78, 5) is 12.2. The highest BCUT2D eigenvalue weighted by Gasteiger charge is 2.15. The average Bonchev–Trinajstić information content (AvgIpc) is 2.45. The molecule has 126 valence electrons. The standard InChI is InChI=1S/C19H21NO3S/c1-13-5-7-17(15(3)11-13)9-10-24(22,23)20-19(21)18-8-6-14(2)12-16(18)4/h5-12H,1-4H3,(H,20,21)/b10-9+. The monoisotopic (exact) mass is 343 g/mol. The van der Waals surface area contributed by atoms with E-state index >= 15 is 0 Å². The molecule has 0 radical (unpaired) electrons. The largest absolute Gasteiger partial charge is 0.268 e. The minimum atomic E-state index is -3.86. The van der Waals surface area contributed by atoms with Crippen molar-refractivity contribution in [2.45, 2.75) is 27.7 Å². The van der Waals surface area contributed by atoms with Crippen molar-refractivity contribution in [1.82, 2.24) is 4.72 Å². The first-order valence-corrected chi connectivity index (χ1v) is 9.12. The SMILES string of the molecule is Cc1ccc(/C=C/S(=O)(=O)NC(=O)c2ccc(C)cc2C)c(C)c1. The fourth-order valence-corrected chi connectivity index (χ4v) is 3.22. The Labute approximate surface area is 143 Å². The van der Waals surface area contributed by atoms with Gasteiger partial charge in [-0.1, -0.05) is 41.5 Å². The minimum absolute atomic E-state index is 0.351. The Bertz CT molecular complexity index is 912. The predicted octanol–water partition coefficient (Wildman–Crippen LogP) is 3.65. The maximum absolute atomic E-state index is 12.2. The van der Waals surface area contributed by atoms with E-state index in [1.807, 2.05) is 45.0 Å². The molecular formula is C19H21NO3S. The molecule has 0 aliphatic rings. The van der Waals surface area contributed by atoms with Gasteiger partial charge in [0.25, 0.3) is 15.9 Å². The van der Waals surface area contributed by atoms with Crippen molar-refractivity contribution in [1.29, 1.82) is 0 Å². The summed E-state index contributed by atoms with van der Waals surface area (Å²) in [5.74, 6) is -0.627. The number of hydrogen-bond donors (Lipinski definition) is 1. The Morgan fingerprint density at radius 3 is 2.08 bits per heavy atom. The maximum Gasteiger partial charge on any atom is 0.265 e. The van der Waals surface area contributed by atoms with Gasteiger partial charge in [-0.05, 0) is 56.5 Å². The molecule has 2 rings (SSSR count). The molecular weight excluding hydrogens is 322 g/mol. The van der Waals surface area contributed by atoms with Crippen LogP contribution < -0.4 is 4.72 Å². The lowest BCUT2D eigenvalue weighted by atomic mass is 10.1. The van der Waals surface area contributed by atoms with Gasteiger partial charge in [0.05, 0.1) is 5.41 Å². The van der Waals surface area contributed by atoms with Crippen LogP contribution in [0, 0.1) is 27.7 Å². The molecule has 0 spiro atoms. The first-order valence-electron chi connectivity index (χ1n) is 7.58. The number of carbonyl (C=O) groups is 1. The van der Waals surface area contributed by atoms with E-state index in [-0.39, 0.29) is 0 Å². The quantitative estimate of drug-likeness (QED) is 0.921. The molecule has 0 saturated carbocycles. The summed E-state index contributed by atoms with van der Waals surface area (Å²) in [5, 5.41) is 1.02. The van der Waals surface area contributed by atoms with Crippen LogP contribution in [0.1, 0.15) is 38.2 Å². The van der Waals surface area contributed by atoms with Crippen LogP contribution in [0.25, 0.3) is 6.08 Å². The fraction of sp³-hybridized carbons (Fsp3) is 0.211. The summed E-state index contributed by atoms with van der Waals surface area (Å²) in [6.07, 6.45) is 1.49. The molecule has 5 heteroatoms. The van der Waals surface area contributed by atoms with Gasteiger partial charge in [0.2, 0.25) is 0 Å². The topological polar surface area (TPSA) is 63.2 Å². The molecule has 0 unspecified atom stereocenters.